The SMILES string of the molecule is O=C(c1cnc(-c2cccs2)s1)N1CCN(Cc2nc(-c3ccc(Cl)cc3)no2)CC1. The normalized spacial score (nSPS) is 14.8. The Balaban J connectivity index is 1.16. The van der Waals surface area contributed by atoms with Gasteiger partial charge in [-0.25, -0.2) is 4.98 Å². The van der Waals surface area contributed by atoms with Crippen molar-refractivity contribution in [2.45, 2.75) is 6.54 Å². The summed E-state index contributed by atoms with van der Waals surface area (Å²) in [5, 5.41) is 7.64. The first-order valence-corrected chi connectivity index (χ1v) is 11.8. The van der Waals surface area contributed by atoms with E-state index in [2.05, 4.69) is 20.0 Å². The number of rotatable bonds is 5. The molecule has 1 fully saturated rings. The molecule has 0 N–H and O–H groups in total. The fourth-order valence-electron chi connectivity index (χ4n) is 3.38. The number of thiazole rings is 1. The van der Waals surface area contributed by atoms with E-state index in [-0.39, 0.29) is 5.91 Å². The van der Waals surface area contributed by atoms with Gasteiger partial charge in [0.1, 0.15) is 9.88 Å². The largest absolute Gasteiger partial charge is 0.338 e. The molecule has 1 amide bonds. The van der Waals surface area contributed by atoms with Crippen LogP contribution in [0.1, 0.15) is 15.6 Å². The predicted octanol–water partition coefficient (Wildman–Crippen LogP) is 4.53. The Morgan fingerprint density at radius 1 is 1.13 bits per heavy atom. The summed E-state index contributed by atoms with van der Waals surface area (Å²) in [6, 6.07) is 11.3. The Morgan fingerprint density at radius 2 is 1.94 bits per heavy atom. The lowest BCUT2D eigenvalue weighted by molar-refractivity contribution is 0.0619. The zero-order valence-electron chi connectivity index (χ0n) is 16.4. The molecule has 3 aromatic heterocycles. The van der Waals surface area contributed by atoms with Crippen molar-refractivity contribution in [3.8, 4) is 21.3 Å². The highest BCUT2D eigenvalue weighted by Crippen LogP contribution is 2.29. The number of benzene rings is 1. The molecule has 1 aromatic carbocycles. The van der Waals surface area contributed by atoms with Gasteiger partial charge in [-0.15, -0.1) is 22.7 Å². The van der Waals surface area contributed by atoms with Crippen LogP contribution in [0.2, 0.25) is 5.02 Å². The topological polar surface area (TPSA) is 75.4 Å². The second-order valence-corrected chi connectivity index (χ2v) is 9.51. The number of thiophene rings is 1. The van der Waals surface area contributed by atoms with E-state index in [4.69, 9.17) is 16.1 Å². The molecule has 31 heavy (non-hydrogen) atoms. The highest BCUT2D eigenvalue weighted by Gasteiger charge is 2.25. The monoisotopic (exact) mass is 471 g/mol. The van der Waals surface area contributed by atoms with Gasteiger partial charge in [-0.05, 0) is 35.7 Å². The summed E-state index contributed by atoms with van der Waals surface area (Å²) >= 11 is 9.01. The fraction of sp³-hybridized carbons (Fsp3) is 0.238. The molecule has 4 heterocycles. The van der Waals surface area contributed by atoms with Gasteiger partial charge in [0.05, 0.1) is 17.6 Å². The first-order valence-electron chi connectivity index (χ1n) is 9.75. The van der Waals surface area contributed by atoms with Crippen LogP contribution in [0.4, 0.5) is 0 Å². The quantitative estimate of drug-likeness (QED) is 0.425. The lowest BCUT2D eigenvalue weighted by Gasteiger charge is -2.33. The van der Waals surface area contributed by atoms with Crippen LogP contribution in [0.3, 0.4) is 0 Å². The van der Waals surface area contributed by atoms with Crippen LogP contribution in [0.25, 0.3) is 21.3 Å². The van der Waals surface area contributed by atoms with Crippen molar-refractivity contribution < 1.29 is 9.32 Å². The van der Waals surface area contributed by atoms with E-state index in [0.717, 1.165) is 28.5 Å². The maximum atomic E-state index is 12.9. The smallest absolute Gasteiger partial charge is 0.265 e. The molecule has 7 nitrogen and oxygen atoms in total. The molecule has 0 spiro atoms. The summed E-state index contributed by atoms with van der Waals surface area (Å²) in [6.07, 6.45) is 1.69. The fourth-order valence-corrected chi connectivity index (χ4v) is 5.19. The maximum absolute atomic E-state index is 12.9. The first-order chi connectivity index (χ1) is 15.2. The summed E-state index contributed by atoms with van der Waals surface area (Å²) < 4.78 is 5.41. The summed E-state index contributed by atoms with van der Waals surface area (Å²) in [6.45, 7) is 3.38. The number of carbonyl (C=O) groups is 1. The highest BCUT2D eigenvalue weighted by molar-refractivity contribution is 7.21. The second-order valence-electron chi connectivity index (χ2n) is 7.09. The van der Waals surface area contributed by atoms with Crippen molar-refractivity contribution >= 4 is 40.2 Å². The van der Waals surface area contributed by atoms with Crippen molar-refractivity contribution in [2.24, 2.45) is 0 Å². The molecule has 1 saturated heterocycles. The number of halogens is 1. The number of hydrogen-bond donors (Lipinski definition) is 0. The summed E-state index contributed by atoms with van der Waals surface area (Å²) in [7, 11) is 0. The van der Waals surface area contributed by atoms with Crippen LogP contribution < -0.4 is 0 Å². The molecule has 0 bridgehead atoms. The van der Waals surface area contributed by atoms with Gasteiger partial charge >= 0.3 is 0 Å². The van der Waals surface area contributed by atoms with Gasteiger partial charge in [0.2, 0.25) is 11.7 Å². The molecule has 5 rings (SSSR count). The Bertz CT molecular complexity index is 1160. The second kappa shape index (κ2) is 8.88. The Kier molecular flexibility index (Phi) is 5.82. The van der Waals surface area contributed by atoms with E-state index in [0.29, 0.717) is 41.2 Å². The van der Waals surface area contributed by atoms with E-state index in [1.165, 1.54) is 11.3 Å². The Labute approximate surface area is 191 Å². The molecule has 158 valence electrons. The van der Waals surface area contributed by atoms with Gasteiger partial charge in [0.15, 0.2) is 0 Å². The summed E-state index contributed by atoms with van der Waals surface area (Å²) in [5.41, 5.74) is 0.862. The molecule has 0 unspecified atom stereocenters. The number of aromatic nitrogens is 3. The van der Waals surface area contributed by atoms with Crippen LogP contribution in [0.5, 0.6) is 0 Å². The average Bonchev–Trinajstić information content (AvgIpc) is 3.55. The molecule has 0 atom stereocenters. The van der Waals surface area contributed by atoms with E-state index < -0.39 is 0 Å². The molecule has 0 radical (unpaired) electrons. The standard InChI is InChI=1S/C21H18ClN5O2S2/c22-15-5-3-14(4-6-15)19-24-18(29-25-19)13-26-7-9-27(10-8-26)21(28)17-12-23-20(31-17)16-2-1-11-30-16/h1-6,11-12H,7-10,13H2. The maximum Gasteiger partial charge on any atom is 0.265 e. The first kappa shape index (κ1) is 20.3. The summed E-state index contributed by atoms with van der Waals surface area (Å²) in [5.74, 6) is 1.16. The molecule has 4 aromatic rings. The van der Waals surface area contributed by atoms with Crippen molar-refractivity contribution in [1.82, 2.24) is 24.9 Å². The zero-order chi connectivity index (χ0) is 21.2. The highest BCUT2D eigenvalue weighted by atomic mass is 35.5. The van der Waals surface area contributed by atoms with Crippen molar-refractivity contribution in [3.05, 3.63) is 63.8 Å². The molecule has 10 heteroatoms. The van der Waals surface area contributed by atoms with E-state index >= 15 is 0 Å². The Morgan fingerprint density at radius 3 is 2.68 bits per heavy atom. The van der Waals surface area contributed by atoms with Crippen LogP contribution in [-0.4, -0.2) is 57.0 Å². The number of carbonyl (C=O) groups excluding carboxylic acids is 1. The molecule has 1 aliphatic heterocycles. The third kappa shape index (κ3) is 4.54. The molecule has 0 aliphatic carbocycles. The number of amides is 1. The van der Waals surface area contributed by atoms with E-state index in [1.54, 1.807) is 29.7 Å². The van der Waals surface area contributed by atoms with Crippen molar-refractivity contribution in [1.29, 1.82) is 0 Å². The van der Waals surface area contributed by atoms with Crippen molar-refractivity contribution in [3.63, 3.8) is 0 Å². The third-order valence-electron chi connectivity index (χ3n) is 5.04. The lowest BCUT2D eigenvalue weighted by atomic mass is 10.2. The van der Waals surface area contributed by atoms with Gasteiger partial charge in [0, 0.05) is 36.8 Å². The lowest BCUT2D eigenvalue weighted by Crippen LogP contribution is -2.48. The van der Waals surface area contributed by atoms with Crippen LogP contribution in [-0.2, 0) is 6.54 Å². The van der Waals surface area contributed by atoms with Gasteiger partial charge in [0.25, 0.3) is 5.91 Å². The van der Waals surface area contributed by atoms with Crippen molar-refractivity contribution in [2.75, 3.05) is 26.2 Å². The van der Waals surface area contributed by atoms with Crippen LogP contribution >= 0.6 is 34.3 Å². The zero-order valence-corrected chi connectivity index (χ0v) is 18.8. The third-order valence-corrected chi connectivity index (χ3v) is 7.31. The minimum Gasteiger partial charge on any atom is -0.338 e. The Hall–Kier alpha value is -2.59. The van der Waals surface area contributed by atoms with E-state index in [1.807, 2.05) is 34.5 Å². The van der Waals surface area contributed by atoms with Gasteiger partial charge < -0.3 is 9.42 Å². The van der Waals surface area contributed by atoms with Crippen LogP contribution in [0.15, 0.2) is 52.5 Å². The molecule has 0 saturated carbocycles. The van der Waals surface area contributed by atoms with Gasteiger partial charge in [-0.3, -0.25) is 9.69 Å². The minimum atomic E-state index is 0.0442. The summed E-state index contributed by atoms with van der Waals surface area (Å²) in [4.78, 5) is 27.6. The molecular formula is C21H18ClN5O2S2. The number of piperazine rings is 1. The van der Waals surface area contributed by atoms with Crippen LogP contribution in [0, 0.1) is 0 Å². The predicted molar refractivity (Wildman–Crippen MR) is 121 cm³/mol. The molecular weight excluding hydrogens is 454 g/mol. The van der Waals surface area contributed by atoms with E-state index in [9.17, 15) is 4.79 Å². The molecule has 1 aliphatic rings. The number of hydrogen-bond acceptors (Lipinski definition) is 8. The number of nitrogens with zero attached hydrogens (tertiary/aromatic N) is 5. The van der Waals surface area contributed by atoms with Gasteiger partial charge in [-0.2, -0.15) is 4.98 Å². The minimum absolute atomic E-state index is 0.0442. The average molecular weight is 472 g/mol. The van der Waals surface area contributed by atoms with Gasteiger partial charge in [-0.1, -0.05) is 22.8 Å².